The van der Waals surface area contributed by atoms with Gasteiger partial charge in [-0.2, -0.15) is 5.10 Å². The molecule has 4 aromatic carbocycles. The average Bonchev–Trinajstić information content (AvgIpc) is 3.16. The SMILES string of the molecule is Cc1ccc(C2=NN(N=O)C(c3c4ccccc4cc4ccccc34)C2)cc1. The van der Waals surface area contributed by atoms with Crippen molar-refractivity contribution in [2.45, 2.75) is 19.4 Å². The van der Waals surface area contributed by atoms with Crippen LogP contribution in [0.2, 0.25) is 0 Å². The molecule has 1 heterocycles. The van der Waals surface area contributed by atoms with E-state index in [0.717, 1.165) is 38.4 Å². The number of nitrogens with zero attached hydrogens (tertiary/aromatic N) is 3. The predicted molar refractivity (Wildman–Crippen MR) is 114 cm³/mol. The first-order valence-electron chi connectivity index (χ1n) is 9.42. The second-order valence-corrected chi connectivity index (χ2v) is 7.27. The van der Waals surface area contributed by atoms with E-state index in [0.29, 0.717) is 6.42 Å². The Balaban J connectivity index is 1.69. The van der Waals surface area contributed by atoms with Crippen LogP contribution in [-0.4, -0.2) is 10.8 Å². The molecule has 0 radical (unpaired) electrons. The van der Waals surface area contributed by atoms with Crippen LogP contribution in [-0.2, 0) is 0 Å². The van der Waals surface area contributed by atoms with Gasteiger partial charge in [-0.25, -0.2) is 0 Å². The number of hydrazone groups is 1. The molecule has 0 saturated carbocycles. The van der Waals surface area contributed by atoms with Crippen LogP contribution in [0.5, 0.6) is 0 Å². The Morgan fingerprint density at radius 1 is 0.893 bits per heavy atom. The van der Waals surface area contributed by atoms with Gasteiger partial charge in [-0.1, -0.05) is 78.4 Å². The summed E-state index contributed by atoms with van der Waals surface area (Å²) in [4.78, 5) is 11.7. The summed E-state index contributed by atoms with van der Waals surface area (Å²) in [5.41, 5.74) is 4.23. The number of fused-ring (bicyclic) bond motifs is 2. The molecule has 0 fully saturated rings. The van der Waals surface area contributed by atoms with E-state index in [1.54, 1.807) is 0 Å². The topological polar surface area (TPSA) is 45.0 Å². The maximum Gasteiger partial charge on any atom is 0.107 e. The van der Waals surface area contributed by atoms with E-state index in [9.17, 15) is 4.91 Å². The molecule has 0 bridgehead atoms. The van der Waals surface area contributed by atoms with Gasteiger partial charge >= 0.3 is 0 Å². The van der Waals surface area contributed by atoms with Gasteiger partial charge in [0.05, 0.1) is 11.0 Å². The third kappa shape index (κ3) is 2.65. The molecule has 28 heavy (non-hydrogen) atoms. The van der Waals surface area contributed by atoms with E-state index in [4.69, 9.17) is 0 Å². The summed E-state index contributed by atoms with van der Waals surface area (Å²) in [5, 5.41) is 13.7. The van der Waals surface area contributed by atoms with Gasteiger partial charge in [0, 0.05) is 6.42 Å². The summed E-state index contributed by atoms with van der Waals surface area (Å²) in [7, 11) is 0. The van der Waals surface area contributed by atoms with Gasteiger partial charge in [0.2, 0.25) is 0 Å². The van der Waals surface area contributed by atoms with E-state index in [-0.39, 0.29) is 6.04 Å². The number of rotatable bonds is 3. The van der Waals surface area contributed by atoms with Crippen molar-refractivity contribution in [3.8, 4) is 0 Å². The Morgan fingerprint density at radius 3 is 2.11 bits per heavy atom. The largest absolute Gasteiger partial charge is 0.156 e. The second kappa shape index (κ2) is 6.57. The van der Waals surface area contributed by atoms with E-state index in [1.807, 2.05) is 24.3 Å². The van der Waals surface area contributed by atoms with Gasteiger partial charge in [0.15, 0.2) is 0 Å². The van der Waals surface area contributed by atoms with Gasteiger partial charge in [0.1, 0.15) is 6.04 Å². The van der Waals surface area contributed by atoms with Crippen molar-refractivity contribution in [2.75, 3.05) is 0 Å². The fourth-order valence-corrected chi connectivity index (χ4v) is 4.12. The van der Waals surface area contributed by atoms with Crippen molar-refractivity contribution in [2.24, 2.45) is 10.4 Å². The third-order valence-corrected chi connectivity index (χ3v) is 5.50. The lowest BCUT2D eigenvalue weighted by atomic mass is 9.89. The van der Waals surface area contributed by atoms with Crippen LogP contribution in [0.3, 0.4) is 0 Å². The molecular formula is C24H19N3O. The van der Waals surface area contributed by atoms with Crippen LogP contribution in [0.1, 0.15) is 29.2 Å². The monoisotopic (exact) mass is 365 g/mol. The summed E-state index contributed by atoms with van der Waals surface area (Å²) < 4.78 is 0. The fourth-order valence-electron chi connectivity index (χ4n) is 4.12. The standard InChI is InChI=1S/C24H19N3O/c1-16-10-12-17(13-11-16)22-15-23(27(25-22)26-28)24-20-8-4-2-6-18(20)14-19-7-3-5-9-21(19)24/h2-14,23H,15H2,1H3. The first-order chi connectivity index (χ1) is 13.7. The highest BCUT2D eigenvalue weighted by atomic mass is 16.3. The van der Waals surface area contributed by atoms with Crippen molar-refractivity contribution in [1.29, 1.82) is 0 Å². The fraction of sp³-hybridized carbons (Fsp3) is 0.125. The molecule has 5 rings (SSSR count). The molecule has 1 aliphatic rings. The maximum atomic E-state index is 11.7. The van der Waals surface area contributed by atoms with Crippen LogP contribution in [0.25, 0.3) is 21.5 Å². The Labute approximate surface area is 163 Å². The van der Waals surface area contributed by atoms with Crippen molar-refractivity contribution >= 4 is 27.3 Å². The van der Waals surface area contributed by atoms with Crippen molar-refractivity contribution < 1.29 is 0 Å². The van der Waals surface area contributed by atoms with Crippen molar-refractivity contribution in [3.05, 3.63) is 100 Å². The summed E-state index contributed by atoms with van der Waals surface area (Å²) in [6.07, 6.45) is 0.646. The summed E-state index contributed by atoms with van der Waals surface area (Å²) in [5.74, 6) is 0. The lowest BCUT2D eigenvalue weighted by Crippen LogP contribution is -2.13. The zero-order chi connectivity index (χ0) is 19.1. The Hall–Kier alpha value is -3.53. The Bertz CT molecular complexity index is 1170. The smallest absolute Gasteiger partial charge is 0.107 e. The molecule has 0 spiro atoms. The first-order valence-corrected chi connectivity index (χ1v) is 9.42. The quantitative estimate of drug-likeness (QED) is 0.324. The highest BCUT2D eigenvalue weighted by Gasteiger charge is 2.32. The van der Waals surface area contributed by atoms with E-state index in [2.05, 4.69) is 71.9 Å². The molecular weight excluding hydrogens is 346 g/mol. The van der Waals surface area contributed by atoms with E-state index in [1.165, 1.54) is 10.7 Å². The predicted octanol–water partition coefficient (Wildman–Crippen LogP) is 6.13. The zero-order valence-electron chi connectivity index (χ0n) is 15.5. The minimum absolute atomic E-state index is 0.218. The Morgan fingerprint density at radius 2 is 1.50 bits per heavy atom. The summed E-state index contributed by atoms with van der Waals surface area (Å²) in [6.45, 7) is 2.06. The number of hydrogen-bond acceptors (Lipinski definition) is 3. The molecule has 0 aliphatic carbocycles. The van der Waals surface area contributed by atoms with Gasteiger partial charge in [-0.3, -0.25) is 0 Å². The van der Waals surface area contributed by atoms with Crippen molar-refractivity contribution in [3.63, 3.8) is 0 Å². The third-order valence-electron chi connectivity index (χ3n) is 5.50. The minimum atomic E-state index is -0.218. The molecule has 0 aromatic heterocycles. The molecule has 4 aromatic rings. The summed E-state index contributed by atoms with van der Waals surface area (Å²) >= 11 is 0. The average molecular weight is 365 g/mol. The number of hydrogen-bond donors (Lipinski definition) is 0. The molecule has 1 atom stereocenters. The molecule has 4 heteroatoms. The van der Waals surface area contributed by atoms with E-state index < -0.39 is 0 Å². The molecule has 0 amide bonds. The molecule has 0 N–H and O–H groups in total. The van der Waals surface area contributed by atoms with Crippen molar-refractivity contribution in [1.82, 2.24) is 5.12 Å². The highest BCUT2D eigenvalue weighted by molar-refractivity contribution is 6.05. The summed E-state index contributed by atoms with van der Waals surface area (Å²) in [6, 6.07) is 26.8. The highest BCUT2D eigenvalue weighted by Crippen LogP contribution is 2.40. The molecule has 1 aliphatic heterocycles. The molecule has 136 valence electrons. The van der Waals surface area contributed by atoms with Crippen LogP contribution in [0, 0.1) is 11.8 Å². The van der Waals surface area contributed by atoms with E-state index >= 15 is 0 Å². The number of benzene rings is 4. The number of aryl methyl sites for hydroxylation is 1. The first kappa shape index (κ1) is 16.6. The Kier molecular flexibility index (Phi) is 3.90. The van der Waals surface area contributed by atoms with Crippen LogP contribution in [0.15, 0.2) is 89.3 Å². The molecule has 0 saturated heterocycles. The van der Waals surface area contributed by atoms with Gasteiger partial charge in [0.25, 0.3) is 0 Å². The van der Waals surface area contributed by atoms with Gasteiger partial charge < -0.3 is 0 Å². The maximum absolute atomic E-state index is 11.7. The normalized spacial score (nSPS) is 16.5. The lowest BCUT2D eigenvalue weighted by Gasteiger charge is -2.20. The molecule has 4 nitrogen and oxygen atoms in total. The van der Waals surface area contributed by atoms with Crippen LogP contribution < -0.4 is 0 Å². The zero-order valence-corrected chi connectivity index (χ0v) is 15.5. The van der Waals surface area contributed by atoms with Gasteiger partial charge in [-0.15, -0.1) is 10.0 Å². The second-order valence-electron chi connectivity index (χ2n) is 7.27. The minimum Gasteiger partial charge on any atom is -0.156 e. The lowest BCUT2D eigenvalue weighted by molar-refractivity contribution is 0.244. The van der Waals surface area contributed by atoms with Gasteiger partial charge in [-0.05, 0) is 45.7 Å². The molecule has 1 unspecified atom stereocenters. The number of nitroso groups, excluding NO2 is 1. The van der Waals surface area contributed by atoms with Crippen LogP contribution in [0.4, 0.5) is 0 Å². The van der Waals surface area contributed by atoms with Crippen LogP contribution >= 0.6 is 0 Å².